The van der Waals surface area contributed by atoms with Crippen LogP contribution in [0.3, 0.4) is 0 Å². The molecule has 1 amide bonds. The quantitative estimate of drug-likeness (QED) is 0.511. The highest BCUT2D eigenvalue weighted by Gasteiger charge is 2.23. The van der Waals surface area contributed by atoms with Crippen molar-refractivity contribution in [3.8, 4) is 22.5 Å². The van der Waals surface area contributed by atoms with Crippen molar-refractivity contribution in [2.75, 3.05) is 14.1 Å². The van der Waals surface area contributed by atoms with Crippen molar-refractivity contribution in [3.63, 3.8) is 0 Å². The monoisotopic (exact) mass is 423 g/mol. The molecule has 0 saturated heterocycles. The average Bonchev–Trinajstić information content (AvgIpc) is 3.19. The molecule has 3 aromatic heterocycles. The second-order valence-electron chi connectivity index (χ2n) is 6.60. The topological polar surface area (TPSA) is 137 Å². The summed E-state index contributed by atoms with van der Waals surface area (Å²) < 4.78 is 27.2. The molecule has 0 spiro atoms. The van der Waals surface area contributed by atoms with Gasteiger partial charge in [0.05, 0.1) is 17.4 Å². The molecule has 0 atom stereocenters. The van der Waals surface area contributed by atoms with E-state index in [-0.39, 0.29) is 5.82 Å². The standard InChI is InChI=1S/C19H17N7O3S/c1-25(2)30(28,29)26-11-14(17(24-26)16-5-3-4-8-21-16)12-6-7-15-13(9-12)10-22-19(23-15)18(20)27/h3-11H,1-2H3,(H2,20,27). The molecule has 10 nitrogen and oxygen atoms in total. The van der Waals surface area contributed by atoms with E-state index < -0.39 is 16.1 Å². The van der Waals surface area contributed by atoms with Crippen molar-refractivity contribution in [2.45, 2.75) is 0 Å². The van der Waals surface area contributed by atoms with E-state index in [4.69, 9.17) is 5.73 Å². The van der Waals surface area contributed by atoms with E-state index in [2.05, 4.69) is 20.1 Å². The Morgan fingerprint density at radius 3 is 2.60 bits per heavy atom. The minimum atomic E-state index is -3.82. The van der Waals surface area contributed by atoms with Crippen molar-refractivity contribution in [1.29, 1.82) is 0 Å². The van der Waals surface area contributed by atoms with Crippen LogP contribution >= 0.6 is 0 Å². The minimum absolute atomic E-state index is 0.0747. The summed E-state index contributed by atoms with van der Waals surface area (Å²) in [7, 11) is -0.954. The van der Waals surface area contributed by atoms with E-state index in [0.29, 0.717) is 33.4 Å². The molecule has 1 aromatic carbocycles. The Morgan fingerprint density at radius 2 is 1.93 bits per heavy atom. The van der Waals surface area contributed by atoms with Crippen LogP contribution in [0, 0.1) is 0 Å². The van der Waals surface area contributed by atoms with E-state index in [9.17, 15) is 13.2 Å². The molecule has 0 unspecified atom stereocenters. The zero-order chi connectivity index (χ0) is 21.5. The van der Waals surface area contributed by atoms with Gasteiger partial charge in [-0.1, -0.05) is 12.1 Å². The third-order valence-corrected chi connectivity index (χ3v) is 5.99. The van der Waals surface area contributed by atoms with Gasteiger partial charge in [0.15, 0.2) is 0 Å². The SMILES string of the molecule is CN(C)S(=O)(=O)n1cc(-c2ccc3nc(C(N)=O)ncc3c2)c(-c2ccccn2)n1. The number of nitrogens with zero attached hydrogens (tertiary/aromatic N) is 6. The van der Waals surface area contributed by atoms with Gasteiger partial charge in [-0.3, -0.25) is 9.78 Å². The van der Waals surface area contributed by atoms with Gasteiger partial charge >= 0.3 is 10.2 Å². The number of carbonyl (C=O) groups is 1. The summed E-state index contributed by atoms with van der Waals surface area (Å²) in [5.74, 6) is -0.789. The average molecular weight is 423 g/mol. The summed E-state index contributed by atoms with van der Waals surface area (Å²) in [6.07, 6.45) is 4.55. The Balaban J connectivity index is 1.92. The number of rotatable bonds is 5. The summed E-state index contributed by atoms with van der Waals surface area (Å²) >= 11 is 0. The Morgan fingerprint density at radius 1 is 1.13 bits per heavy atom. The highest BCUT2D eigenvalue weighted by molar-refractivity contribution is 7.87. The number of hydrogen-bond donors (Lipinski definition) is 1. The van der Waals surface area contributed by atoms with Crippen LogP contribution < -0.4 is 5.73 Å². The summed E-state index contributed by atoms with van der Waals surface area (Å²) in [6.45, 7) is 0. The highest BCUT2D eigenvalue weighted by atomic mass is 32.2. The van der Waals surface area contributed by atoms with Crippen molar-refractivity contribution < 1.29 is 13.2 Å². The fraction of sp³-hybridized carbons (Fsp3) is 0.105. The number of primary amides is 1. The molecule has 30 heavy (non-hydrogen) atoms. The molecular formula is C19H17N7O3S. The molecule has 0 saturated carbocycles. The van der Waals surface area contributed by atoms with Crippen LogP contribution in [0.2, 0.25) is 0 Å². The molecule has 152 valence electrons. The third kappa shape index (κ3) is 3.40. The van der Waals surface area contributed by atoms with Gasteiger partial charge in [-0.25, -0.2) is 9.97 Å². The Bertz CT molecular complexity index is 1370. The predicted molar refractivity (Wildman–Crippen MR) is 111 cm³/mol. The Labute approximate surface area is 172 Å². The maximum atomic E-state index is 12.6. The first kappa shape index (κ1) is 19.6. The van der Waals surface area contributed by atoms with Crippen LogP contribution in [-0.4, -0.2) is 56.9 Å². The van der Waals surface area contributed by atoms with Crippen molar-refractivity contribution in [2.24, 2.45) is 5.73 Å². The Hall–Kier alpha value is -3.70. The predicted octanol–water partition coefficient (Wildman–Crippen LogP) is 1.31. The number of hydrogen-bond acceptors (Lipinski definition) is 7. The largest absolute Gasteiger partial charge is 0.363 e. The van der Waals surface area contributed by atoms with Gasteiger partial charge in [0.25, 0.3) is 5.91 Å². The molecule has 0 radical (unpaired) electrons. The van der Waals surface area contributed by atoms with Crippen LogP contribution in [0.15, 0.2) is 55.0 Å². The lowest BCUT2D eigenvalue weighted by Gasteiger charge is -2.10. The van der Waals surface area contributed by atoms with Crippen molar-refractivity contribution in [3.05, 3.63) is 60.8 Å². The Kier molecular flexibility index (Phi) is 4.76. The molecule has 2 N–H and O–H groups in total. The molecule has 0 bridgehead atoms. The van der Waals surface area contributed by atoms with E-state index in [1.807, 2.05) is 0 Å². The first-order chi connectivity index (χ1) is 14.3. The zero-order valence-corrected chi connectivity index (χ0v) is 16.9. The smallest absolute Gasteiger partial charge is 0.322 e. The zero-order valence-electron chi connectivity index (χ0n) is 16.1. The highest BCUT2D eigenvalue weighted by Crippen LogP contribution is 2.32. The van der Waals surface area contributed by atoms with Gasteiger partial charge in [0, 0.05) is 37.4 Å². The lowest BCUT2D eigenvalue weighted by Crippen LogP contribution is -2.29. The molecule has 11 heteroatoms. The third-order valence-electron chi connectivity index (χ3n) is 4.41. The number of carbonyl (C=O) groups excluding carboxylic acids is 1. The summed E-state index contributed by atoms with van der Waals surface area (Å²) in [5.41, 5.74) is 7.98. The van der Waals surface area contributed by atoms with Gasteiger partial charge in [-0.05, 0) is 29.8 Å². The number of nitrogens with two attached hydrogens (primary N) is 1. The number of aromatic nitrogens is 5. The summed E-state index contributed by atoms with van der Waals surface area (Å²) in [6, 6.07) is 10.6. The van der Waals surface area contributed by atoms with E-state index >= 15 is 0 Å². The van der Waals surface area contributed by atoms with Crippen LogP contribution in [0.4, 0.5) is 0 Å². The number of pyridine rings is 1. The normalized spacial score (nSPS) is 11.8. The molecule has 3 heterocycles. The van der Waals surface area contributed by atoms with E-state index in [0.717, 1.165) is 8.39 Å². The van der Waals surface area contributed by atoms with Crippen LogP contribution in [0.5, 0.6) is 0 Å². The molecule has 0 fully saturated rings. The minimum Gasteiger partial charge on any atom is -0.363 e. The van der Waals surface area contributed by atoms with Gasteiger partial charge < -0.3 is 5.73 Å². The summed E-state index contributed by atoms with van der Waals surface area (Å²) in [5, 5.41) is 4.96. The van der Waals surface area contributed by atoms with Crippen LogP contribution in [0.1, 0.15) is 10.6 Å². The second-order valence-corrected chi connectivity index (χ2v) is 8.60. The molecular weight excluding hydrogens is 406 g/mol. The van der Waals surface area contributed by atoms with Crippen LogP contribution in [0.25, 0.3) is 33.4 Å². The fourth-order valence-electron chi connectivity index (χ4n) is 2.86. The van der Waals surface area contributed by atoms with Crippen LogP contribution in [-0.2, 0) is 10.2 Å². The fourth-order valence-corrected chi connectivity index (χ4v) is 3.62. The maximum absolute atomic E-state index is 12.6. The number of benzene rings is 1. The maximum Gasteiger partial charge on any atom is 0.322 e. The lowest BCUT2D eigenvalue weighted by atomic mass is 10.0. The van der Waals surface area contributed by atoms with E-state index in [1.54, 1.807) is 42.6 Å². The first-order valence-electron chi connectivity index (χ1n) is 8.78. The number of fused-ring (bicyclic) bond motifs is 1. The second kappa shape index (κ2) is 7.28. The summed E-state index contributed by atoms with van der Waals surface area (Å²) in [4.78, 5) is 23.7. The van der Waals surface area contributed by atoms with E-state index in [1.165, 1.54) is 26.5 Å². The molecule has 4 rings (SSSR count). The lowest BCUT2D eigenvalue weighted by molar-refractivity contribution is 0.0991. The number of amides is 1. The van der Waals surface area contributed by atoms with Gasteiger partial charge in [-0.2, -0.15) is 21.9 Å². The van der Waals surface area contributed by atoms with Crippen molar-refractivity contribution in [1.82, 2.24) is 28.4 Å². The first-order valence-corrected chi connectivity index (χ1v) is 10.2. The van der Waals surface area contributed by atoms with Crippen molar-refractivity contribution >= 4 is 27.0 Å². The molecule has 0 aliphatic carbocycles. The molecule has 0 aliphatic heterocycles. The molecule has 4 aromatic rings. The van der Waals surface area contributed by atoms with Gasteiger partial charge in [0.2, 0.25) is 5.82 Å². The van der Waals surface area contributed by atoms with Gasteiger partial charge in [0.1, 0.15) is 5.69 Å². The molecule has 0 aliphatic rings. The van der Waals surface area contributed by atoms with Gasteiger partial charge in [-0.15, -0.1) is 0 Å².